The summed E-state index contributed by atoms with van der Waals surface area (Å²) in [6.45, 7) is 3.23. The first kappa shape index (κ1) is 11.1. The van der Waals surface area contributed by atoms with Crippen molar-refractivity contribution in [3.8, 4) is 11.4 Å². The van der Waals surface area contributed by atoms with Crippen molar-refractivity contribution in [2.75, 3.05) is 18.0 Å². The minimum absolute atomic E-state index is 0.234. The first-order valence-corrected chi connectivity index (χ1v) is 5.91. The van der Waals surface area contributed by atoms with Crippen LogP contribution in [0, 0.1) is 6.92 Å². The van der Waals surface area contributed by atoms with Gasteiger partial charge in [0.2, 0.25) is 0 Å². The standard InChI is InChI=1S/C13H14N4O/c1-9-5-12(17-7-11(18)8-17)16-13(15-9)10-3-2-4-14-6-10/h2-6,11,18H,7-8H2,1H3. The molecule has 0 spiro atoms. The average Bonchev–Trinajstić information content (AvgIpc) is 2.35. The van der Waals surface area contributed by atoms with Gasteiger partial charge in [0.25, 0.3) is 0 Å². The largest absolute Gasteiger partial charge is 0.389 e. The fourth-order valence-electron chi connectivity index (χ4n) is 1.98. The number of β-amino-alcohol motifs (C(OH)–C–C–N with tert-alkyl or cyclic N) is 1. The van der Waals surface area contributed by atoms with E-state index in [1.54, 1.807) is 12.4 Å². The van der Waals surface area contributed by atoms with Crippen LogP contribution in [0.15, 0.2) is 30.6 Å². The molecule has 3 heterocycles. The Hall–Kier alpha value is -2.01. The smallest absolute Gasteiger partial charge is 0.163 e. The molecule has 1 aliphatic rings. The maximum Gasteiger partial charge on any atom is 0.163 e. The van der Waals surface area contributed by atoms with E-state index in [2.05, 4.69) is 15.0 Å². The van der Waals surface area contributed by atoms with Gasteiger partial charge in [-0.15, -0.1) is 0 Å². The lowest BCUT2D eigenvalue weighted by Crippen LogP contribution is -2.51. The van der Waals surface area contributed by atoms with E-state index in [0.29, 0.717) is 18.9 Å². The number of aromatic nitrogens is 3. The number of rotatable bonds is 2. The van der Waals surface area contributed by atoms with Gasteiger partial charge in [-0.3, -0.25) is 4.98 Å². The van der Waals surface area contributed by atoms with Crippen LogP contribution < -0.4 is 4.90 Å². The lowest BCUT2D eigenvalue weighted by molar-refractivity contribution is 0.141. The summed E-state index contributed by atoms with van der Waals surface area (Å²) in [7, 11) is 0. The Balaban J connectivity index is 1.96. The van der Waals surface area contributed by atoms with Gasteiger partial charge in [-0.05, 0) is 19.1 Å². The van der Waals surface area contributed by atoms with E-state index >= 15 is 0 Å². The third-order valence-electron chi connectivity index (χ3n) is 2.95. The summed E-state index contributed by atoms with van der Waals surface area (Å²) in [5.74, 6) is 1.55. The molecule has 5 heteroatoms. The number of pyridine rings is 1. The molecule has 0 radical (unpaired) electrons. The van der Waals surface area contributed by atoms with Gasteiger partial charge >= 0.3 is 0 Å². The molecular weight excluding hydrogens is 228 g/mol. The van der Waals surface area contributed by atoms with Crippen molar-refractivity contribution in [2.45, 2.75) is 13.0 Å². The van der Waals surface area contributed by atoms with Gasteiger partial charge in [0.1, 0.15) is 5.82 Å². The van der Waals surface area contributed by atoms with Crippen molar-refractivity contribution in [1.82, 2.24) is 15.0 Å². The summed E-state index contributed by atoms with van der Waals surface area (Å²) in [6, 6.07) is 5.75. The highest BCUT2D eigenvalue weighted by atomic mass is 16.3. The molecule has 1 fully saturated rings. The van der Waals surface area contributed by atoms with Crippen molar-refractivity contribution in [3.63, 3.8) is 0 Å². The van der Waals surface area contributed by atoms with Crippen LogP contribution in [0.1, 0.15) is 5.69 Å². The van der Waals surface area contributed by atoms with Crippen LogP contribution in [0.2, 0.25) is 0 Å². The predicted octanol–water partition coefficient (Wildman–Crippen LogP) is 1.03. The van der Waals surface area contributed by atoms with E-state index in [-0.39, 0.29) is 6.10 Å². The second kappa shape index (κ2) is 4.34. The summed E-state index contributed by atoms with van der Waals surface area (Å²) >= 11 is 0. The molecule has 0 aromatic carbocycles. The average molecular weight is 242 g/mol. The molecule has 1 N–H and O–H groups in total. The zero-order chi connectivity index (χ0) is 12.5. The second-order valence-electron chi connectivity index (χ2n) is 4.49. The van der Waals surface area contributed by atoms with Gasteiger partial charge < -0.3 is 10.0 Å². The SMILES string of the molecule is Cc1cc(N2CC(O)C2)nc(-c2cccnc2)n1. The lowest BCUT2D eigenvalue weighted by Gasteiger charge is -2.37. The fourth-order valence-corrected chi connectivity index (χ4v) is 1.98. The van der Waals surface area contributed by atoms with Crippen LogP contribution in [-0.2, 0) is 0 Å². The molecule has 0 amide bonds. The van der Waals surface area contributed by atoms with Gasteiger partial charge in [0, 0.05) is 42.8 Å². The molecule has 0 saturated carbocycles. The van der Waals surface area contributed by atoms with Crippen molar-refractivity contribution in [1.29, 1.82) is 0 Å². The summed E-state index contributed by atoms with van der Waals surface area (Å²) in [5, 5.41) is 9.34. The monoisotopic (exact) mass is 242 g/mol. The van der Waals surface area contributed by atoms with Gasteiger partial charge in [0.05, 0.1) is 6.10 Å². The first-order chi connectivity index (χ1) is 8.72. The Labute approximate surface area is 105 Å². The molecule has 5 nitrogen and oxygen atoms in total. The van der Waals surface area contributed by atoms with E-state index in [1.807, 2.05) is 30.0 Å². The molecule has 1 saturated heterocycles. The summed E-state index contributed by atoms with van der Waals surface area (Å²) in [5.41, 5.74) is 1.82. The third kappa shape index (κ3) is 2.04. The number of aliphatic hydroxyl groups is 1. The van der Waals surface area contributed by atoms with E-state index in [1.165, 1.54) is 0 Å². The second-order valence-corrected chi connectivity index (χ2v) is 4.49. The number of hydrogen-bond donors (Lipinski definition) is 1. The topological polar surface area (TPSA) is 62.1 Å². The number of hydrogen-bond acceptors (Lipinski definition) is 5. The molecule has 1 aliphatic heterocycles. The Morgan fingerprint density at radius 3 is 2.83 bits per heavy atom. The Morgan fingerprint density at radius 2 is 2.17 bits per heavy atom. The van der Waals surface area contributed by atoms with Gasteiger partial charge in [-0.1, -0.05) is 0 Å². The molecule has 18 heavy (non-hydrogen) atoms. The molecule has 0 atom stereocenters. The highest BCUT2D eigenvalue weighted by Gasteiger charge is 2.26. The van der Waals surface area contributed by atoms with Crippen LogP contribution in [0.25, 0.3) is 11.4 Å². The maximum atomic E-state index is 9.34. The highest BCUT2D eigenvalue weighted by Crippen LogP contribution is 2.22. The first-order valence-electron chi connectivity index (χ1n) is 5.91. The summed E-state index contributed by atoms with van der Waals surface area (Å²) in [4.78, 5) is 15.1. The Kier molecular flexibility index (Phi) is 2.68. The maximum absolute atomic E-state index is 9.34. The van der Waals surface area contributed by atoms with Crippen LogP contribution in [0.3, 0.4) is 0 Å². The molecule has 0 unspecified atom stereocenters. The Bertz CT molecular complexity index is 552. The fraction of sp³-hybridized carbons (Fsp3) is 0.308. The van der Waals surface area contributed by atoms with E-state index in [9.17, 15) is 5.11 Å². The zero-order valence-electron chi connectivity index (χ0n) is 10.1. The molecular formula is C13H14N4O. The van der Waals surface area contributed by atoms with E-state index in [0.717, 1.165) is 17.1 Å². The van der Waals surface area contributed by atoms with Crippen molar-refractivity contribution in [2.24, 2.45) is 0 Å². The molecule has 0 aliphatic carbocycles. The number of aliphatic hydroxyl groups excluding tert-OH is 1. The number of nitrogens with zero attached hydrogens (tertiary/aromatic N) is 4. The van der Waals surface area contributed by atoms with Crippen LogP contribution in [0.4, 0.5) is 5.82 Å². The lowest BCUT2D eigenvalue weighted by atomic mass is 10.1. The highest BCUT2D eigenvalue weighted by molar-refractivity contribution is 5.57. The predicted molar refractivity (Wildman–Crippen MR) is 68.2 cm³/mol. The van der Waals surface area contributed by atoms with Gasteiger partial charge in [-0.2, -0.15) is 0 Å². The quantitative estimate of drug-likeness (QED) is 0.852. The molecule has 3 rings (SSSR count). The van der Waals surface area contributed by atoms with Gasteiger partial charge in [0.15, 0.2) is 5.82 Å². The van der Waals surface area contributed by atoms with Crippen molar-refractivity contribution in [3.05, 3.63) is 36.3 Å². The minimum atomic E-state index is -0.234. The summed E-state index contributed by atoms with van der Waals surface area (Å²) < 4.78 is 0. The molecule has 92 valence electrons. The van der Waals surface area contributed by atoms with Crippen LogP contribution >= 0.6 is 0 Å². The molecule has 0 bridgehead atoms. The van der Waals surface area contributed by atoms with Crippen LogP contribution in [-0.4, -0.2) is 39.3 Å². The van der Waals surface area contributed by atoms with E-state index < -0.39 is 0 Å². The van der Waals surface area contributed by atoms with Crippen molar-refractivity contribution < 1.29 is 5.11 Å². The molecule has 2 aromatic heterocycles. The zero-order valence-corrected chi connectivity index (χ0v) is 10.1. The van der Waals surface area contributed by atoms with Crippen LogP contribution in [0.5, 0.6) is 0 Å². The van der Waals surface area contributed by atoms with Gasteiger partial charge in [-0.25, -0.2) is 9.97 Å². The number of anilines is 1. The van der Waals surface area contributed by atoms with E-state index in [4.69, 9.17) is 0 Å². The minimum Gasteiger partial charge on any atom is -0.389 e. The Morgan fingerprint density at radius 1 is 1.33 bits per heavy atom. The normalized spacial score (nSPS) is 15.6. The summed E-state index contributed by atoms with van der Waals surface area (Å²) in [6.07, 6.45) is 3.25. The third-order valence-corrected chi connectivity index (χ3v) is 2.95. The van der Waals surface area contributed by atoms with Crippen molar-refractivity contribution >= 4 is 5.82 Å². The number of aryl methyl sites for hydroxylation is 1. The molecule has 2 aromatic rings.